The molecule has 5 nitrogen and oxygen atoms in total. The number of benzene rings is 1. The van der Waals surface area contributed by atoms with Crippen LogP contribution in [0.1, 0.15) is 40.2 Å². The lowest BCUT2D eigenvalue weighted by atomic mass is 9.80. The van der Waals surface area contributed by atoms with Gasteiger partial charge in [0.1, 0.15) is 11.2 Å². The highest BCUT2D eigenvalue weighted by molar-refractivity contribution is 5.68. The van der Waals surface area contributed by atoms with Gasteiger partial charge >= 0.3 is 6.09 Å². The molecule has 1 amide bonds. The zero-order chi connectivity index (χ0) is 17.0. The molecule has 1 aromatic rings. The predicted octanol–water partition coefficient (Wildman–Crippen LogP) is 2.38. The predicted molar refractivity (Wildman–Crippen MR) is 87.4 cm³/mol. The maximum atomic E-state index is 12.1. The molecule has 0 heterocycles. The molecule has 1 aromatic carbocycles. The normalized spacial score (nSPS) is 16.0. The summed E-state index contributed by atoms with van der Waals surface area (Å²) in [4.78, 5) is 12.1. The first-order valence-corrected chi connectivity index (χ1v) is 7.57. The quantitative estimate of drug-likeness (QED) is 0.779. The van der Waals surface area contributed by atoms with E-state index in [1.807, 2.05) is 32.0 Å². The zero-order valence-electron chi connectivity index (χ0n) is 14.1. The minimum atomic E-state index is -1.35. The molecule has 0 aliphatic carbocycles. The summed E-state index contributed by atoms with van der Waals surface area (Å²) in [6.45, 7) is 9.22. The number of nitrogens with two attached hydrogens (primary N) is 1. The van der Waals surface area contributed by atoms with Crippen molar-refractivity contribution in [2.75, 3.05) is 6.54 Å². The molecular weight excluding hydrogens is 280 g/mol. The molecule has 1 rings (SSSR count). The highest BCUT2D eigenvalue weighted by atomic mass is 16.6. The van der Waals surface area contributed by atoms with Gasteiger partial charge in [0.25, 0.3) is 0 Å². The minimum absolute atomic E-state index is 0.00431. The molecular formula is C17H28N2O3. The summed E-state index contributed by atoms with van der Waals surface area (Å²) in [6, 6.07) is 8.58. The summed E-state index contributed by atoms with van der Waals surface area (Å²) >= 11 is 0. The van der Waals surface area contributed by atoms with Crippen LogP contribution in [-0.2, 0) is 10.3 Å². The molecule has 4 N–H and O–H groups in total. The average Bonchev–Trinajstić information content (AvgIpc) is 2.43. The van der Waals surface area contributed by atoms with E-state index < -0.39 is 23.3 Å². The van der Waals surface area contributed by atoms with Crippen molar-refractivity contribution in [3.8, 4) is 0 Å². The van der Waals surface area contributed by atoms with E-state index in [0.717, 1.165) is 0 Å². The summed E-state index contributed by atoms with van der Waals surface area (Å²) in [7, 11) is 0. The van der Waals surface area contributed by atoms with Crippen molar-refractivity contribution < 1.29 is 14.6 Å². The van der Waals surface area contributed by atoms with Crippen LogP contribution in [-0.4, -0.2) is 29.4 Å². The molecule has 0 aromatic heterocycles. The maximum Gasteiger partial charge on any atom is 0.407 e. The van der Waals surface area contributed by atoms with Gasteiger partial charge in [0.2, 0.25) is 0 Å². The van der Waals surface area contributed by atoms with Crippen LogP contribution in [0.15, 0.2) is 30.3 Å². The number of hydrogen-bond acceptors (Lipinski definition) is 4. The average molecular weight is 308 g/mol. The molecule has 0 saturated heterocycles. The van der Waals surface area contributed by atoms with E-state index in [1.54, 1.807) is 32.9 Å². The van der Waals surface area contributed by atoms with E-state index in [2.05, 4.69) is 5.32 Å². The van der Waals surface area contributed by atoms with Gasteiger partial charge < -0.3 is 20.9 Å². The van der Waals surface area contributed by atoms with E-state index in [0.29, 0.717) is 5.56 Å². The third-order valence-corrected chi connectivity index (χ3v) is 3.44. The lowest BCUT2D eigenvalue weighted by molar-refractivity contribution is -0.0186. The Morgan fingerprint density at radius 1 is 1.27 bits per heavy atom. The Balaban J connectivity index is 3.05. The van der Waals surface area contributed by atoms with Gasteiger partial charge in [-0.15, -0.1) is 0 Å². The molecule has 22 heavy (non-hydrogen) atoms. The second-order valence-corrected chi connectivity index (χ2v) is 6.86. The molecule has 0 unspecified atom stereocenters. The molecule has 0 bridgehead atoms. The molecule has 0 spiro atoms. The van der Waals surface area contributed by atoms with Crippen LogP contribution < -0.4 is 11.1 Å². The van der Waals surface area contributed by atoms with E-state index in [4.69, 9.17) is 10.5 Å². The van der Waals surface area contributed by atoms with Crippen LogP contribution in [0.3, 0.4) is 0 Å². The van der Waals surface area contributed by atoms with Gasteiger partial charge in [-0.1, -0.05) is 44.2 Å². The number of carbonyl (C=O) groups excluding carboxylic acids is 1. The largest absolute Gasteiger partial charge is 0.444 e. The number of rotatable bonds is 5. The zero-order valence-corrected chi connectivity index (χ0v) is 14.1. The Morgan fingerprint density at radius 2 is 1.82 bits per heavy atom. The van der Waals surface area contributed by atoms with Gasteiger partial charge in [0.15, 0.2) is 0 Å². The standard InChI is InChI=1S/C17H28N2O3/c1-12(2)14(19-15(20)22-16(3,4)5)17(21,11-18)13-9-7-6-8-10-13/h6-10,12,14,21H,11,18H2,1-5H3,(H,19,20)/t14-,17+/m1/s1. The number of amides is 1. The van der Waals surface area contributed by atoms with Crippen LogP contribution in [0, 0.1) is 5.92 Å². The highest BCUT2D eigenvalue weighted by Crippen LogP contribution is 2.28. The minimum Gasteiger partial charge on any atom is -0.444 e. The lowest BCUT2D eigenvalue weighted by Gasteiger charge is -2.39. The van der Waals surface area contributed by atoms with Crippen LogP contribution in [0.4, 0.5) is 4.79 Å². The van der Waals surface area contributed by atoms with Crippen LogP contribution in [0.25, 0.3) is 0 Å². The van der Waals surface area contributed by atoms with Crippen molar-refractivity contribution in [3.63, 3.8) is 0 Å². The van der Waals surface area contributed by atoms with Crippen LogP contribution in [0.2, 0.25) is 0 Å². The Kier molecular flexibility index (Phi) is 5.97. The van der Waals surface area contributed by atoms with Gasteiger partial charge in [-0.05, 0) is 32.3 Å². The molecule has 0 radical (unpaired) electrons. The molecule has 0 saturated carbocycles. The number of carbonyl (C=O) groups is 1. The van der Waals surface area contributed by atoms with Gasteiger partial charge in [-0.2, -0.15) is 0 Å². The Morgan fingerprint density at radius 3 is 2.23 bits per heavy atom. The van der Waals surface area contributed by atoms with Gasteiger partial charge in [0.05, 0.1) is 6.04 Å². The monoisotopic (exact) mass is 308 g/mol. The molecule has 0 fully saturated rings. The maximum absolute atomic E-state index is 12.1. The number of aliphatic hydroxyl groups is 1. The first kappa shape index (κ1) is 18.5. The van der Waals surface area contributed by atoms with E-state index in [-0.39, 0.29) is 12.5 Å². The number of alkyl carbamates (subject to hydrolysis) is 1. The molecule has 2 atom stereocenters. The Labute approximate surface area is 132 Å². The molecule has 5 heteroatoms. The number of hydrogen-bond donors (Lipinski definition) is 3. The van der Waals surface area contributed by atoms with E-state index in [9.17, 15) is 9.90 Å². The SMILES string of the molecule is CC(C)[C@@H](NC(=O)OC(C)(C)C)[C@](O)(CN)c1ccccc1. The van der Waals surface area contributed by atoms with E-state index >= 15 is 0 Å². The number of ether oxygens (including phenoxy) is 1. The number of nitrogens with one attached hydrogen (secondary N) is 1. The van der Waals surface area contributed by atoms with Gasteiger partial charge in [-0.25, -0.2) is 4.79 Å². The fourth-order valence-electron chi connectivity index (χ4n) is 2.42. The van der Waals surface area contributed by atoms with Crippen LogP contribution in [0.5, 0.6) is 0 Å². The Bertz CT molecular complexity index is 482. The third kappa shape index (κ3) is 4.71. The Hall–Kier alpha value is -1.59. The van der Waals surface area contributed by atoms with Crippen molar-refractivity contribution in [3.05, 3.63) is 35.9 Å². The lowest BCUT2D eigenvalue weighted by Crippen LogP contribution is -2.57. The van der Waals surface area contributed by atoms with Crippen molar-refractivity contribution >= 4 is 6.09 Å². The smallest absolute Gasteiger partial charge is 0.407 e. The fraction of sp³-hybridized carbons (Fsp3) is 0.588. The molecule has 0 aliphatic rings. The van der Waals surface area contributed by atoms with Crippen molar-refractivity contribution in [2.45, 2.75) is 51.9 Å². The summed E-state index contributed by atoms with van der Waals surface area (Å²) in [5.41, 5.74) is 4.56. The molecule has 0 aliphatic heterocycles. The van der Waals surface area contributed by atoms with Crippen molar-refractivity contribution in [2.24, 2.45) is 11.7 Å². The van der Waals surface area contributed by atoms with Crippen molar-refractivity contribution in [1.29, 1.82) is 0 Å². The second kappa shape index (κ2) is 7.11. The molecule has 124 valence electrons. The summed E-state index contributed by atoms with van der Waals surface area (Å²) < 4.78 is 5.29. The summed E-state index contributed by atoms with van der Waals surface area (Å²) in [5.74, 6) is -0.0266. The fourth-order valence-corrected chi connectivity index (χ4v) is 2.42. The first-order chi connectivity index (χ1) is 10.1. The topological polar surface area (TPSA) is 84.6 Å². The summed E-state index contributed by atoms with van der Waals surface area (Å²) in [6.07, 6.45) is -0.561. The first-order valence-electron chi connectivity index (χ1n) is 7.57. The second-order valence-electron chi connectivity index (χ2n) is 6.86. The summed E-state index contributed by atoms with van der Waals surface area (Å²) in [5, 5.41) is 13.8. The third-order valence-electron chi connectivity index (χ3n) is 3.44. The van der Waals surface area contributed by atoms with Crippen LogP contribution >= 0.6 is 0 Å². The highest BCUT2D eigenvalue weighted by Gasteiger charge is 2.40. The van der Waals surface area contributed by atoms with Gasteiger partial charge in [0, 0.05) is 6.54 Å². The van der Waals surface area contributed by atoms with Gasteiger partial charge in [-0.3, -0.25) is 0 Å². The van der Waals surface area contributed by atoms with E-state index in [1.165, 1.54) is 0 Å². The van der Waals surface area contributed by atoms with Crippen molar-refractivity contribution in [1.82, 2.24) is 5.32 Å².